The molecule has 2 heterocycles. The highest BCUT2D eigenvalue weighted by atomic mass is 16.5. The molecule has 0 aromatic carbocycles. The molecular weight excluding hydrogens is 230 g/mol. The van der Waals surface area contributed by atoms with Gasteiger partial charge in [0.05, 0.1) is 30.7 Å². The fraction of sp³-hybridized carbons (Fsp3) is 0.769. The second-order valence-corrected chi connectivity index (χ2v) is 5.01. The number of aryl methyl sites for hydroxylation is 2. The number of nitrogens with zero attached hydrogens (tertiary/aromatic N) is 3. The summed E-state index contributed by atoms with van der Waals surface area (Å²) in [5.41, 5.74) is 2.30. The molecule has 2 rings (SSSR count). The Hall–Kier alpha value is -0.910. The summed E-state index contributed by atoms with van der Waals surface area (Å²) < 4.78 is 7.60. The minimum atomic E-state index is -0.0553. The van der Waals surface area contributed by atoms with Crippen LogP contribution in [-0.4, -0.2) is 51.7 Å². The van der Waals surface area contributed by atoms with Crippen LogP contribution in [0.15, 0.2) is 6.07 Å². The number of aliphatic hydroxyl groups excluding tert-OH is 1. The monoisotopic (exact) mass is 253 g/mol. The predicted octanol–water partition coefficient (Wildman–Crippen LogP) is 0.793. The molecule has 1 fully saturated rings. The molecule has 18 heavy (non-hydrogen) atoms. The van der Waals surface area contributed by atoms with Crippen molar-refractivity contribution in [2.75, 3.05) is 19.8 Å². The summed E-state index contributed by atoms with van der Waals surface area (Å²) in [6.07, 6.45) is -0.0553. The fourth-order valence-electron chi connectivity index (χ4n) is 2.41. The molecule has 0 saturated carbocycles. The maximum atomic E-state index is 9.20. The lowest BCUT2D eigenvalue weighted by molar-refractivity contribution is -0.0811. The van der Waals surface area contributed by atoms with E-state index in [1.165, 1.54) is 5.69 Å². The minimum absolute atomic E-state index is 0.0553. The standard InChI is InChI=1S/C13H23N3O2/c1-4-16-12(5-10(2)14-16)6-15-7-13(8-17)18-9-11(15)3/h5,11,13,17H,4,6-9H2,1-3H3. The van der Waals surface area contributed by atoms with Gasteiger partial charge in [-0.3, -0.25) is 9.58 Å². The molecule has 5 nitrogen and oxygen atoms in total. The zero-order valence-electron chi connectivity index (χ0n) is 11.5. The molecule has 1 aromatic heterocycles. The van der Waals surface area contributed by atoms with Crippen molar-refractivity contribution in [2.24, 2.45) is 0 Å². The highest BCUT2D eigenvalue weighted by molar-refractivity contribution is 5.09. The van der Waals surface area contributed by atoms with E-state index in [0.717, 1.165) is 25.3 Å². The van der Waals surface area contributed by atoms with Crippen molar-refractivity contribution in [1.82, 2.24) is 14.7 Å². The topological polar surface area (TPSA) is 50.5 Å². The molecule has 1 aliphatic heterocycles. The van der Waals surface area contributed by atoms with E-state index in [1.54, 1.807) is 0 Å². The van der Waals surface area contributed by atoms with E-state index >= 15 is 0 Å². The second-order valence-electron chi connectivity index (χ2n) is 5.01. The van der Waals surface area contributed by atoms with E-state index in [1.807, 2.05) is 11.6 Å². The van der Waals surface area contributed by atoms with Crippen LogP contribution in [0, 0.1) is 6.92 Å². The summed E-state index contributed by atoms with van der Waals surface area (Å²) in [7, 11) is 0. The number of rotatable bonds is 4. The lowest BCUT2D eigenvalue weighted by Crippen LogP contribution is -2.49. The first kappa shape index (κ1) is 13.5. The highest BCUT2D eigenvalue weighted by Gasteiger charge is 2.26. The maximum Gasteiger partial charge on any atom is 0.0933 e. The van der Waals surface area contributed by atoms with Crippen LogP contribution in [0.2, 0.25) is 0 Å². The van der Waals surface area contributed by atoms with Gasteiger partial charge < -0.3 is 9.84 Å². The normalized spacial score (nSPS) is 25.6. The van der Waals surface area contributed by atoms with Gasteiger partial charge in [-0.25, -0.2) is 0 Å². The number of aliphatic hydroxyl groups is 1. The number of ether oxygens (including phenoxy) is 1. The fourth-order valence-corrected chi connectivity index (χ4v) is 2.41. The first-order chi connectivity index (χ1) is 8.63. The zero-order valence-corrected chi connectivity index (χ0v) is 11.5. The minimum Gasteiger partial charge on any atom is -0.394 e. The van der Waals surface area contributed by atoms with Gasteiger partial charge in [-0.05, 0) is 26.8 Å². The molecule has 0 amide bonds. The maximum absolute atomic E-state index is 9.20. The van der Waals surface area contributed by atoms with Crippen molar-refractivity contribution in [3.8, 4) is 0 Å². The van der Waals surface area contributed by atoms with Crippen molar-refractivity contribution in [3.63, 3.8) is 0 Å². The summed E-state index contributed by atoms with van der Waals surface area (Å²) in [4.78, 5) is 2.35. The molecule has 1 N–H and O–H groups in total. The Balaban J connectivity index is 2.06. The van der Waals surface area contributed by atoms with Crippen LogP contribution in [0.5, 0.6) is 0 Å². The lowest BCUT2D eigenvalue weighted by Gasteiger charge is -2.37. The van der Waals surface area contributed by atoms with Gasteiger partial charge in [0.2, 0.25) is 0 Å². The van der Waals surface area contributed by atoms with Crippen molar-refractivity contribution in [2.45, 2.75) is 46.0 Å². The van der Waals surface area contributed by atoms with E-state index < -0.39 is 0 Å². The molecule has 1 saturated heterocycles. The van der Waals surface area contributed by atoms with Crippen LogP contribution in [0.1, 0.15) is 25.2 Å². The van der Waals surface area contributed by atoms with Crippen LogP contribution in [0.4, 0.5) is 0 Å². The van der Waals surface area contributed by atoms with Crippen LogP contribution in [-0.2, 0) is 17.8 Å². The molecule has 102 valence electrons. The third kappa shape index (κ3) is 2.91. The average molecular weight is 253 g/mol. The Morgan fingerprint density at radius 3 is 3.00 bits per heavy atom. The van der Waals surface area contributed by atoms with Crippen molar-refractivity contribution >= 4 is 0 Å². The summed E-state index contributed by atoms with van der Waals surface area (Å²) in [6.45, 7) is 9.61. The Labute approximate surface area is 108 Å². The van der Waals surface area contributed by atoms with Crippen molar-refractivity contribution in [3.05, 3.63) is 17.5 Å². The molecule has 2 atom stereocenters. The number of aromatic nitrogens is 2. The van der Waals surface area contributed by atoms with Crippen molar-refractivity contribution in [1.29, 1.82) is 0 Å². The Kier molecular flexibility index (Phi) is 4.37. The molecule has 0 bridgehead atoms. The zero-order chi connectivity index (χ0) is 13.1. The molecule has 1 aliphatic rings. The number of hydrogen-bond acceptors (Lipinski definition) is 4. The average Bonchev–Trinajstić information content (AvgIpc) is 2.72. The summed E-state index contributed by atoms with van der Waals surface area (Å²) in [6, 6.07) is 2.52. The van der Waals surface area contributed by atoms with Gasteiger partial charge in [-0.2, -0.15) is 5.10 Å². The molecular formula is C13H23N3O2. The summed E-state index contributed by atoms with van der Waals surface area (Å²) in [5.74, 6) is 0. The third-order valence-electron chi connectivity index (χ3n) is 3.49. The number of morpholine rings is 1. The van der Waals surface area contributed by atoms with E-state index in [9.17, 15) is 5.11 Å². The van der Waals surface area contributed by atoms with Crippen LogP contribution >= 0.6 is 0 Å². The van der Waals surface area contributed by atoms with E-state index in [-0.39, 0.29) is 12.7 Å². The Bertz CT molecular complexity index is 392. The third-order valence-corrected chi connectivity index (χ3v) is 3.49. The van der Waals surface area contributed by atoms with E-state index in [2.05, 4.69) is 29.9 Å². The SMILES string of the molecule is CCn1nc(C)cc1CN1CC(CO)OCC1C. The molecule has 0 aliphatic carbocycles. The largest absolute Gasteiger partial charge is 0.394 e. The van der Waals surface area contributed by atoms with Gasteiger partial charge in [0, 0.05) is 25.7 Å². The van der Waals surface area contributed by atoms with Gasteiger partial charge in [-0.15, -0.1) is 0 Å². The first-order valence-electron chi connectivity index (χ1n) is 6.63. The molecule has 0 radical (unpaired) electrons. The van der Waals surface area contributed by atoms with E-state index in [0.29, 0.717) is 12.6 Å². The van der Waals surface area contributed by atoms with Gasteiger partial charge in [0.1, 0.15) is 0 Å². The van der Waals surface area contributed by atoms with Crippen LogP contribution in [0.25, 0.3) is 0 Å². The molecule has 2 unspecified atom stereocenters. The van der Waals surface area contributed by atoms with Crippen LogP contribution < -0.4 is 0 Å². The Morgan fingerprint density at radius 2 is 2.33 bits per heavy atom. The predicted molar refractivity (Wildman–Crippen MR) is 69.3 cm³/mol. The number of hydrogen-bond donors (Lipinski definition) is 1. The van der Waals surface area contributed by atoms with Gasteiger partial charge in [0.25, 0.3) is 0 Å². The molecule has 5 heteroatoms. The highest BCUT2D eigenvalue weighted by Crippen LogP contribution is 2.16. The quantitative estimate of drug-likeness (QED) is 0.862. The van der Waals surface area contributed by atoms with Gasteiger partial charge >= 0.3 is 0 Å². The Morgan fingerprint density at radius 1 is 1.56 bits per heavy atom. The van der Waals surface area contributed by atoms with Crippen LogP contribution in [0.3, 0.4) is 0 Å². The molecule has 0 spiro atoms. The summed E-state index contributed by atoms with van der Waals surface area (Å²) >= 11 is 0. The first-order valence-corrected chi connectivity index (χ1v) is 6.63. The smallest absolute Gasteiger partial charge is 0.0933 e. The van der Waals surface area contributed by atoms with E-state index in [4.69, 9.17) is 4.74 Å². The van der Waals surface area contributed by atoms with Crippen molar-refractivity contribution < 1.29 is 9.84 Å². The van der Waals surface area contributed by atoms with Gasteiger partial charge in [0.15, 0.2) is 0 Å². The summed E-state index contributed by atoms with van der Waals surface area (Å²) in [5, 5.41) is 13.7. The van der Waals surface area contributed by atoms with Gasteiger partial charge in [-0.1, -0.05) is 0 Å². The lowest BCUT2D eigenvalue weighted by atomic mass is 10.2. The second kappa shape index (κ2) is 5.82. The molecule has 1 aromatic rings.